The van der Waals surface area contributed by atoms with Crippen LogP contribution in [0.25, 0.3) is 10.6 Å². The summed E-state index contributed by atoms with van der Waals surface area (Å²) in [5.41, 5.74) is 0.664. The fourth-order valence-corrected chi connectivity index (χ4v) is 3.13. The molecule has 2 heterocycles. The number of carbonyl (C=O) groups is 1. The maximum absolute atomic E-state index is 13.6. The van der Waals surface area contributed by atoms with E-state index in [1.165, 1.54) is 12.1 Å². The molecule has 0 saturated carbocycles. The zero-order chi connectivity index (χ0) is 17.8. The monoisotopic (exact) mass is 357 g/mol. The Balaban J connectivity index is 1.70. The van der Waals surface area contributed by atoms with E-state index in [0.717, 1.165) is 14.4 Å². The number of thiophene rings is 1. The second-order valence-electron chi connectivity index (χ2n) is 5.49. The van der Waals surface area contributed by atoms with Crippen molar-refractivity contribution >= 4 is 17.2 Å². The molecule has 0 radical (unpaired) electrons. The van der Waals surface area contributed by atoms with Gasteiger partial charge in [-0.05, 0) is 31.2 Å². The van der Waals surface area contributed by atoms with E-state index < -0.39 is 5.91 Å². The number of amides is 1. The minimum atomic E-state index is -0.405. The molecule has 3 aromatic rings. The van der Waals surface area contributed by atoms with Gasteiger partial charge < -0.3 is 5.32 Å². The SMILES string of the molecule is Cc1ccc(-c2ccc(=O)n(CC(=O)NCc3ccccc3F)n2)s1. The molecule has 5 nitrogen and oxygen atoms in total. The molecule has 1 N–H and O–H groups in total. The van der Waals surface area contributed by atoms with Gasteiger partial charge in [-0.2, -0.15) is 5.10 Å². The van der Waals surface area contributed by atoms with Crippen LogP contribution in [0, 0.1) is 12.7 Å². The lowest BCUT2D eigenvalue weighted by atomic mass is 10.2. The van der Waals surface area contributed by atoms with Crippen molar-refractivity contribution in [2.75, 3.05) is 0 Å². The summed E-state index contributed by atoms with van der Waals surface area (Å²) in [7, 11) is 0. The van der Waals surface area contributed by atoms with Gasteiger partial charge in [-0.1, -0.05) is 18.2 Å². The van der Waals surface area contributed by atoms with Crippen LogP contribution in [-0.2, 0) is 17.9 Å². The first-order valence-corrected chi connectivity index (χ1v) is 8.49. The molecule has 25 heavy (non-hydrogen) atoms. The summed E-state index contributed by atoms with van der Waals surface area (Å²) in [6, 6.07) is 13.1. The van der Waals surface area contributed by atoms with Gasteiger partial charge in [-0.25, -0.2) is 9.07 Å². The van der Waals surface area contributed by atoms with E-state index in [1.54, 1.807) is 35.6 Å². The molecule has 3 rings (SSSR count). The standard InChI is InChI=1S/C18H16FN3O2S/c1-12-6-8-16(25-12)15-7-9-18(24)22(21-15)11-17(23)20-10-13-4-2-3-5-14(13)19/h2-9H,10-11H2,1H3,(H,20,23). The zero-order valence-corrected chi connectivity index (χ0v) is 14.3. The van der Waals surface area contributed by atoms with Gasteiger partial charge in [0.25, 0.3) is 5.56 Å². The number of carbonyl (C=O) groups excluding carboxylic acids is 1. The molecule has 1 aromatic carbocycles. The summed E-state index contributed by atoms with van der Waals surface area (Å²) >= 11 is 1.56. The molecule has 0 fully saturated rings. The smallest absolute Gasteiger partial charge is 0.267 e. The molecule has 1 amide bonds. The topological polar surface area (TPSA) is 64.0 Å². The third-order valence-corrected chi connectivity index (χ3v) is 4.61. The Bertz CT molecular complexity index is 965. The number of aryl methyl sites for hydroxylation is 1. The van der Waals surface area contributed by atoms with Crippen LogP contribution in [0.2, 0.25) is 0 Å². The van der Waals surface area contributed by atoms with Gasteiger partial charge in [0.05, 0.1) is 4.88 Å². The number of hydrogen-bond donors (Lipinski definition) is 1. The third-order valence-electron chi connectivity index (χ3n) is 3.59. The molecule has 7 heteroatoms. The normalized spacial score (nSPS) is 10.6. The molecule has 0 aliphatic rings. The van der Waals surface area contributed by atoms with E-state index in [9.17, 15) is 14.0 Å². The molecule has 0 atom stereocenters. The van der Waals surface area contributed by atoms with Crippen LogP contribution in [0.3, 0.4) is 0 Å². The Morgan fingerprint density at radius 1 is 1.20 bits per heavy atom. The predicted octanol–water partition coefficient (Wildman–Crippen LogP) is 2.74. The Hall–Kier alpha value is -2.80. The minimum absolute atomic E-state index is 0.0596. The molecule has 0 spiro atoms. The Labute approximate surface area is 147 Å². The molecule has 0 aliphatic carbocycles. The number of halogens is 1. The van der Waals surface area contributed by atoms with Crippen LogP contribution >= 0.6 is 11.3 Å². The summed E-state index contributed by atoms with van der Waals surface area (Å²) in [4.78, 5) is 26.1. The Kier molecular flexibility index (Phi) is 5.04. The van der Waals surface area contributed by atoms with Crippen LogP contribution < -0.4 is 10.9 Å². The summed E-state index contributed by atoms with van der Waals surface area (Å²) < 4.78 is 14.7. The number of rotatable bonds is 5. The van der Waals surface area contributed by atoms with Crippen molar-refractivity contribution in [2.24, 2.45) is 0 Å². The number of hydrogen-bond acceptors (Lipinski definition) is 4. The quantitative estimate of drug-likeness (QED) is 0.764. The van der Waals surface area contributed by atoms with Crippen LogP contribution in [0.1, 0.15) is 10.4 Å². The van der Waals surface area contributed by atoms with Crippen molar-refractivity contribution in [3.63, 3.8) is 0 Å². The van der Waals surface area contributed by atoms with E-state index in [2.05, 4.69) is 10.4 Å². The highest BCUT2D eigenvalue weighted by Gasteiger charge is 2.10. The van der Waals surface area contributed by atoms with Gasteiger partial charge in [0, 0.05) is 23.1 Å². The average molecular weight is 357 g/mol. The van der Waals surface area contributed by atoms with Crippen molar-refractivity contribution in [2.45, 2.75) is 20.0 Å². The van der Waals surface area contributed by atoms with Crippen molar-refractivity contribution < 1.29 is 9.18 Å². The molecule has 0 aliphatic heterocycles. The molecular formula is C18H16FN3O2S. The van der Waals surface area contributed by atoms with E-state index in [-0.39, 0.29) is 24.5 Å². The van der Waals surface area contributed by atoms with E-state index >= 15 is 0 Å². The van der Waals surface area contributed by atoms with Gasteiger partial charge >= 0.3 is 0 Å². The molecule has 2 aromatic heterocycles. The van der Waals surface area contributed by atoms with E-state index in [4.69, 9.17) is 0 Å². The number of nitrogens with zero attached hydrogens (tertiary/aromatic N) is 2. The van der Waals surface area contributed by atoms with Gasteiger partial charge in [0.15, 0.2) is 0 Å². The third kappa shape index (κ3) is 4.19. The highest BCUT2D eigenvalue weighted by Crippen LogP contribution is 2.24. The zero-order valence-electron chi connectivity index (χ0n) is 13.5. The van der Waals surface area contributed by atoms with Crippen molar-refractivity contribution in [3.05, 3.63) is 75.1 Å². The predicted molar refractivity (Wildman–Crippen MR) is 94.8 cm³/mol. The summed E-state index contributed by atoms with van der Waals surface area (Å²) in [5.74, 6) is -0.787. The first-order chi connectivity index (χ1) is 12.0. The maximum atomic E-state index is 13.6. The lowest BCUT2D eigenvalue weighted by molar-refractivity contribution is -0.122. The van der Waals surface area contributed by atoms with Crippen LogP contribution in [0.4, 0.5) is 4.39 Å². The van der Waals surface area contributed by atoms with Crippen LogP contribution in [0.5, 0.6) is 0 Å². The number of nitrogens with one attached hydrogen (secondary N) is 1. The van der Waals surface area contributed by atoms with E-state index in [1.807, 2.05) is 19.1 Å². The van der Waals surface area contributed by atoms with E-state index in [0.29, 0.717) is 11.3 Å². The molecule has 0 bridgehead atoms. The minimum Gasteiger partial charge on any atom is -0.350 e. The Morgan fingerprint density at radius 3 is 2.72 bits per heavy atom. The molecule has 0 saturated heterocycles. The number of benzene rings is 1. The fraction of sp³-hybridized carbons (Fsp3) is 0.167. The van der Waals surface area contributed by atoms with Gasteiger partial charge in [-0.15, -0.1) is 11.3 Å². The van der Waals surface area contributed by atoms with Gasteiger partial charge in [-0.3, -0.25) is 9.59 Å². The average Bonchev–Trinajstić information content (AvgIpc) is 3.02. The lowest BCUT2D eigenvalue weighted by Crippen LogP contribution is -2.33. The van der Waals surface area contributed by atoms with Crippen LogP contribution in [0.15, 0.2) is 53.3 Å². The largest absolute Gasteiger partial charge is 0.350 e. The summed E-state index contributed by atoms with van der Waals surface area (Å²) in [5, 5.41) is 6.85. The number of aromatic nitrogens is 2. The highest BCUT2D eigenvalue weighted by atomic mass is 32.1. The molecular weight excluding hydrogens is 341 g/mol. The van der Waals surface area contributed by atoms with Gasteiger partial charge in [0.1, 0.15) is 18.1 Å². The van der Waals surface area contributed by atoms with Crippen molar-refractivity contribution in [1.82, 2.24) is 15.1 Å². The second kappa shape index (κ2) is 7.40. The van der Waals surface area contributed by atoms with Crippen molar-refractivity contribution in [1.29, 1.82) is 0 Å². The molecule has 0 unspecified atom stereocenters. The van der Waals surface area contributed by atoms with Crippen molar-refractivity contribution in [3.8, 4) is 10.6 Å². The fourth-order valence-electron chi connectivity index (χ4n) is 2.29. The second-order valence-corrected chi connectivity index (χ2v) is 6.78. The first-order valence-electron chi connectivity index (χ1n) is 7.68. The summed E-state index contributed by atoms with van der Waals surface area (Å²) in [6.07, 6.45) is 0. The maximum Gasteiger partial charge on any atom is 0.267 e. The van der Waals surface area contributed by atoms with Gasteiger partial charge in [0.2, 0.25) is 5.91 Å². The lowest BCUT2D eigenvalue weighted by Gasteiger charge is -2.08. The molecule has 128 valence electrons. The Morgan fingerprint density at radius 2 is 2.00 bits per heavy atom. The summed E-state index contributed by atoms with van der Waals surface area (Å²) in [6.45, 7) is 1.83. The highest BCUT2D eigenvalue weighted by molar-refractivity contribution is 7.15. The first kappa shape index (κ1) is 17.0. The van der Waals surface area contributed by atoms with Crippen LogP contribution in [-0.4, -0.2) is 15.7 Å².